The number of carbonyl (C=O) groups excluding carboxylic acids is 1. The van der Waals surface area contributed by atoms with Crippen molar-refractivity contribution in [1.29, 1.82) is 0 Å². The smallest absolute Gasteiger partial charge is 0.304 e. The summed E-state index contributed by atoms with van der Waals surface area (Å²) >= 11 is 0. The zero-order valence-corrected chi connectivity index (χ0v) is 20.9. The standard InChI is InChI=1S/C23H25FN4O5S2/c1-17-7-6-8-19(15-17)26-34(30,31)20-13-11-18(12-14-20)25-23(29)16-28(35(32,33)27(2)3)22-10-5-4-9-21(22)24/h4-15,26H,16H2,1-3H3,(H,25,29). The molecule has 0 bridgehead atoms. The highest BCUT2D eigenvalue weighted by molar-refractivity contribution is 7.92. The van der Waals surface area contributed by atoms with E-state index in [0.717, 1.165) is 15.9 Å². The molecule has 3 aromatic rings. The highest BCUT2D eigenvalue weighted by Gasteiger charge is 2.29. The van der Waals surface area contributed by atoms with Gasteiger partial charge in [-0.25, -0.2) is 17.1 Å². The fourth-order valence-electron chi connectivity index (χ4n) is 3.11. The number of rotatable bonds is 9. The summed E-state index contributed by atoms with van der Waals surface area (Å²) in [7, 11) is -5.51. The lowest BCUT2D eigenvalue weighted by molar-refractivity contribution is -0.114. The van der Waals surface area contributed by atoms with Crippen LogP contribution in [0.4, 0.5) is 21.5 Å². The number of hydrogen-bond acceptors (Lipinski definition) is 5. The van der Waals surface area contributed by atoms with Crippen molar-refractivity contribution in [3.8, 4) is 0 Å². The minimum Gasteiger partial charge on any atom is -0.325 e. The van der Waals surface area contributed by atoms with Gasteiger partial charge in [0.2, 0.25) is 5.91 Å². The van der Waals surface area contributed by atoms with Crippen molar-refractivity contribution in [2.75, 3.05) is 35.0 Å². The van der Waals surface area contributed by atoms with Gasteiger partial charge in [-0.05, 0) is 61.0 Å². The number of benzene rings is 3. The normalized spacial score (nSPS) is 11.8. The second-order valence-corrected chi connectivity index (χ2v) is 11.5. The van der Waals surface area contributed by atoms with Gasteiger partial charge in [0.1, 0.15) is 12.4 Å². The number of para-hydroxylation sites is 1. The third-order valence-electron chi connectivity index (χ3n) is 4.87. The molecule has 0 atom stereocenters. The second kappa shape index (κ2) is 10.4. The van der Waals surface area contributed by atoms with Gasteiger partial charge in [0.25, 0.3) is 10.0 Å². The van der Waals surface area contributed by atoms with Crippen molar-refractivity contribution in [1.82, 2.24) is 4.31 Å². The Balaban J connectivity index is 1.76. The van der Waals surface area contributed by atoms with Crippen molar-refractivity contribution in [3.05, 3.63) is 84.2 Å². The topological polar surface area (TPSA) is 116 Å². The van der Waals surface area contributed by atoms with E-state index in [1.165, 1.54) is 56.6 Å². The van der Waals surface area contributed by atoms with Gasteiger partial charge in [0.05, 0.1) is 10.6 Å². The predicted molar refractivity (Wildman–Crippen MR) is 133 cm³/mol. The van der Waals surface area contributed by atoms with E-state index in [0.29, 0.717) is 9.99 Å². The first kappa shape index (κ1) is 26.1. The van der Waals surface area contributed by atoms with Gasteiger partial charge in [-0.3, -0.25) is 9.52 Å². The number of amides is 1. The molecule has 3 rings (SSSR count). The van der Waals surface area contributed by atoms with Crippen molar-refractivity contribution < 1.29 is 26.0 Å². The zero-order chi connectivity index (χ0) is 25.8. The van der Waals surface area contributed by atoms with E-state index in [1.54, 1.807) is 18.2 Å². The van der Waals surface area contributed by atoms with E-state index in [4.69, 9.17) is 0 Å². The lowest BCUT2D eigenvalue weighted by Crippen LogP contribution is -2.44. The molecule has 0 aromatic heterocycles. The molecule has 0 saturated heterocycles. The Labute approximate surface area is 204 Å². The van der Waals surface area contributed by atoms with Gasteiger partial charge in [-0.15, -0.1) is 0 Å². The number of halogens is 1. The molecule has 0 aliphatic rings. The number of sulfonamides is 1. The first-order chi connectivity index (χ1) is 16.4. The number of aryl methyl sites for hydroxylation is 1. The molecule has 12 heteroatoms. The number of carbonyl (C=O) groups is 1. The van der Waals surface area contributed by atoms with E-state index in [2.05, 4.69) is 10.0 Å². The third-order valence-corrected chi connectivity index (χ3v) is 8.07. The minimum atomic E-state index is -4.18. The summed E-state index contributed by atoms with van der Waals surface area (Å²) in [6.45, 7) is 1.14. The monoisotopic (exact) mass is 520 g/mol. The van der Waals surface area contributed by atoms with Crippen molar-refractivity contribution in [2.45, 2.75) is 11.8 Å². The van der Waals surface area contributed by atoms with E-state index in [-0.39, 0.29) is 16.3 Å². The average Bonchev–Trinajstić information content (AvgIpc) is 2.78. The third kappa shape index (κ3) is 6.35. The average molecular weight is 521 g/mol. The van der Waals surface area contributed by atoms with Gasteiger partial charge >= 0.3 is 10.2 Å². The fourth-order valence-corrected chi connectivity index (χ4v) is 5.23. The lowest BCUT2D eigenvalue weighted by atomic mass is 10.2. The molecule has 9 nitrogen and oxygen atoms in total. The molecule has 3 aromatic carbocycles. The largest absolute Gasteiger partial charge is 0.325 e. The Morgan fingerprint density at radius 3 is 2.14 bits per heavy atom. The number of anilines is 3. The first-order valence-electron chi connectivity index (χ1n) is 10.3. The van der Waals surface area contributed by atoms with Gasteiger partial charge in [-0.2, -0.15) is 12.7 Å². The van der Waals surface area contributed by atoms with Crippen LogP contribution >= 0.6 is 0 Å². The quantitative estimate of drug-likeness (QED) is 0.450. The minimum absolute atomic E-state index is 0.0276. The Bertz CT molecular complexity index is 1430. The summed E-state index contributed by atoms with van der Waals surface area (Å²) in [5.41, 5.74) is 1.27. The van der Waals surface area contributed by atoms with Crippen LogP contribution in [-0.2, 0) is 25.0 Å². The Kier molecular flexibility index (Phi) is 7.78. The molecular weight excluding hydrogens is 495 g/mol. The summed E-state index contributed by atoms with van der Waals surface area (Å²) in [5, 5.41) is 2.51. The molecule has 35 heavy (non-hydrogen) atoms. The second-order valence-electron chi connectivity index (χ2n) is 7.80. The van der Waals surface area contributed by atoms with Crippen LogP contribution in [0.15, 0.2) is 77.7 Å². The van der Waals surface area contributed by atoms with Crippen LogP contribution in [-0.4, -0.2) is 47.7 Å². The summed E-state index contributed by atoms with van der Waals surface area (Å²) in [5.74, 6) is -1.55. The van der Waals surface area contributed by atoms with Crippen molar-refractivity contribution in [2.24, 2.45) is 0 Å². The van der Waals surface area contributed by atoms with Crippen LogP contribution in [0.5, 0.6) is 0 Å². The number of nitrogens with one attached hydrogen (secondary N) is 2. The maximum Gasteiger partial charge on any atom is 0.304 e. The van der Waals surface area contributed by atoms with Crippen molar-refractivity contribution >= 4 is 43.2 Å². The maximum atomic E-state index is 14.3. The van der Waals surface area contributed by atoms with E-state index in [9.17, 15) is 26.0 Å². The Hall–Kier alpha value is -3.48. The highest BCUT2D eigenvalue weighted by Crippen LogP contribution is 2.23. The summed E-state index contributed by atoms with van der Waals surface area (Å²) in [6, 6.07) is 17.4. The Morgan fingerprint density at radius 2 is 1.54 bits per heavy atom. The SMILES string of the molecule is Cc1cccc(NS(=O)(=O)c2ccc(NC(=O)CN(c3ccccc3F)S(=O)(=O)N(C)C)cc2)c1. The number of hydrogen-bond donors (Lipinski definition) is 2. The van der Waals surface area contributed by atoms with E-state index >= 15 is 0 Å². The molecule has 0 radical (unpaired) electrons. The molecular formula is C23H25FN4O5S2. The summed E-state index contributed by atoms with van der Waals surface area (Å²) < 4.78 is 69.1. The van der Waals surface area contributed by atoms with Crippen LogP contribution in [0.2, 0.25) is 0 Å². The Morgan fingerprint density at radius 1 is 0.886 bits per heavy atom. The summed E-state index contributed by atoms with van der Waals surface area (Å²) in [4.78, 5) is 12.6. The maximum absolute atomic E-state index is 14.3. The van der Waals surface area contributed by atoms with E-state index in [1.807, 2.05) is 13.0 Å². The molecule has 0 heterocycles. The predicted octanol–water partition coefficient (Wildman–Crippen LogP) is 3.19. The highest BCUT2D eigenvalue weighted by atomic mass is 32.2. The fraction of sp³-hybridized carbons (Fsp3) is 0.174. The van der Waals surface area contributed by atoms with Crippen LogP contribution in [0.25, 0.3) is 0 Å². The first-order valence-corrected chi connectivity index (χ1v) is 13.2. The molecule has 1 amide bonds. The van der Waals surface area contributed by atoms with Crippen LogP contribution in [0.3, 0.4) is 0 Å². The van der Waals surface area contributed by atoms with Gasteiger partial charge in [-0.1, -0.05) is 24.3 Å². The van der Waals surface area contributed by atoms with Crippen molar-refractivity contribution in [3.63, 3.8) is 0 Å². The summed E-state index contributed by atoms with van der Waals surface area (Å²) in [6.07, 6.45) is 0. The molecule has 0 unspecified atom stereocenters. The van der Waals surface area contributed by atoms with E-state index < -0.39 is 38.5 Å². The van der Waals surface area contributed by atoms with Gasteiger partial charge < -0.3 is 5.32 Å². The lowest BCUT2D eigenvalue weighted by Gasteiger charge is -2.27. The molecule has 2 N–H and O–H groups in total. The molecule has 0 spiro atoms. The van der Waals surface area contributed by atoms with Crippen LogP contribution < -0.4 is 14.3 Å². The zero-order valence-electron chi connectivity index (χ0n) is 19.3. The molecule has 0 fully saturated rings. The van der Waals surface area contributed by atoms with Crippen LogP contribution in [0.1, 0.15) is 5.56 Å². The molecule has 0 aliphatic heterocycles. The van der Waals surface area contributed by atoms with Gasteiger partial charge in [0.15, 0.2) is 0 Å². The molecule has 0 aliphatic carbocycles. The van der Waals surface area contributed by atoms with Crippen LogP contribution in [0, 0.1) is 12.7 Å². The molecule has 186 valence electrons. The van der Waals surface area contributed by atoms with Gasteiger partial charge in [0, 0.05) is 25.5 Å². The molecule has 0 saturated carbocycles. The number of nitrogens with zero attached hydrogens (tertiary/aromatic N) is 2.